The van der Waals surface area contributed by atoms with Crippen LogP contribution in [0.15, 0.2) is 0 Å². The van der Waals surface area contributed by atoms with Crippen LogP contribution in [0.2, 0.25) is 0 Å². The van der Waals surface area contributed by atoms with E-state index >= 15 is 0 Å². The molecule has 0 aliphatic rings. The van der Waals surface area contributed by atoms with E-state index in [-0.39, 0.29) is 5.91 Å². The summed E-state index contributed by atoms with van der Waals surface area (Å²) in [6.07, 6.45) is 0.919. The van der Waals surface area contributed by atoms with Gasteiger partial charge in [-0.3, -0.25) is 9.89 Å². The number of rotatable bonds is 6. The molecule has 1 aromatic heterocycles. The average Bonchev–Trinajstić information content (AvgIpc) is 2.64. The number of nitrogen functional groups attached to an aromatic ring is 1. The Morgan fingerprint density at radius 3 is 2.44 bits per heavy atom. The summed E-state index contributed by atoms with van der Waals surface area (Å²) >= 11 is 0. The van der Waals surface area contributed by atoms with Crippen molar-refractivity contribution in [2.45, 2.75) is 20.3 Å². The molecule has 1 amide bonds. The van der Waals surface area contributed by atoms with Gasteiger partial charge in [-0.2, -0.15) is 5.10 Å². The Bertz CT molecular complexity index is 399. The van der Waals surface area contributed by atoms with Gasteiger partial charge < -0.3 is 15.5 Å². The number of carbonyl (C=O) groups is 1. The second-order valence-corrected chi connectivity index (χ2v) is 4.71. The molecule has 0 aliphatic heterocycles. The number of aromatic amines is 1. The third-order valence-electron chi connectivity index (χ3n) is 2.79. The molecule has 18 heavy (non-hydrogen) atoms. The summed E-state index contributed by atoms with van der Waals surface area (Å²) in [7, 11) is 3.98. The average molecular weight is 253 g/mol. The number of carbonyl (C=O) groups excluding carboxylic acids is 1. The predicted octanol–water partition coefficient (Wildman–Crippen LogP) is 0.714. The number of nitrogens with two attached hydrogens (primary N) is 1. The molecule has 0 atom stereocenters. The maximum atomic E-state index is 12.3. The fraction of sp³-hybridized carbons (Fsp3) is 0.667. The Kier molecular flexibility index (Phi) is 5.15. The van der Waals surface area contributed by atoms with Crippen molar-refractivity contribution < 1.29 is 4.79 Å². The molecule has 0 saturated heterocycles. The smallest absolute Gasteiger partial charge is 0.276 e. The van der Waals surface area contributed by atoms with Crippen LogP contribution in [-0.2, 0) is 0 Å². The van der Waals surface area contributed by atoms with Gasteiger partial charge in [-0.05, 0) is 27.4 Å². The van der Waals surface area contributed by atoms with E-state index < -0.39 is 0 Å². The number of likely N-dealkylation sites (N-methyl/N-ethyl adjacent to an activating group) is 1. The number of amides is 1. The Morgan fingerprint density at radius 1 is 1.33 bits per heavy atom. The van der Waals surface area contributed by atoms with E-state index in [1.54, 1.807) is 4.90 Å². The summed E-state index contributed by atoms with van der Waals surface area (Å²) in [4.78, 5) is 16.2. The Balaban J connectivity index is 2.79. The molecular weight excluding hydrogens is 230 g/mol. The van der Waals surface area contributed by atoms with Gasteiger partial charge in [0.05, 0.1) is 11.4 Å². The lowest BCUT2D eigenvalue weighted by atomic mass is 10.2. The van der Waals surface area contributed by atoms with E-state index in [1.807, 2.05) is 21.0 Å². The molecule has 1 heterocycles. The van der Waals surface area contributed by atoms with Crippen LogP contribution in [0.25, 0.3) is 0 Å². The monoisotopic (exact) mass is 253 g/mol. The molecule has 0 radical (unpaired) electrons. The molecule has 0 spiro atoms. The fourth-order valence-corrected chi connectivity index (χ4v) is 1.66. The number of anilines is 1. The van der Waals surface area contributed by atoms with Crippen molar-refractivity contribution in [3.63, 3.8) is 0 Å². The largest absolute Gasteiger partial charge is 0.395 e. The lowest BCUT2D eigenvalue weighted by Crippen LogP contribution is -2.37. The van der Waals surface area contributed by atoms with Gasteiger partial charge >= 0.3 is 0 Å². The van der Waals surface area contributed by atoms with E-state index in [0.717, 1.165) is 25.2 Å². The first-order chi connectivity index (χ1) is 8.47. The number of nitrogens with zero attached hydrogens (tertiary/aromatic N) is 3. The van der Waals surface area contributed by atoms with Crippen LogP contribution in [-0.4, -0.2) is 59.6 Å². The van der Waals surface area contributed by atoms with Crippen molar-refractivity contribution >= 4 is 11.6 Å². The predicted molar refractivity (Wildman–Crippen MR) is 72.5 cm³/mol. The molecule has 0 aliphatic carbocycles. The highest BCUT2D eigenvalue weighted by molar-refractivity contribution is 5.97. The molecule has 1 aromatic rings. The minimum absolute atomic E-state index is 0.0967. The first-order valence-electron chi connectivity index (χ1n) is 6.21. The third-order valence-corrected chi connectivity index (χ3v) is 2.79. The summed E-state index contributed by atoms with van der Waals surface area (Å²) in [5.41, 5.74) is 7.36. The van der Waals surface area contributed by atoms with Crippen molar-refractivity contribution in [3.05, 3.63) is 11.4 Å². The molecule has 3 N–H and O–H groups in total. The molecule has 1 rings (SSSR count). The lowest BCUT2D eigenvalue weighted by molar-refractivity contribution is 0.0740. The molecule has 0 unspecified atom stereocenters. The first kappa shape index (κ1) is 14.5. The van der Waals surface area contributed by atoms with E-state index in [0.29, 0.717) is 17.9 Å². The van der Waals surface area contributed by atoms with Crippen molar-refractivity contribution in [3.8, 4) is 0 Å². The van der Waals surface area contributed by atoms with Crippen LogP contribution in [0.1, 0.15) is 29.5 Å². The molecule has 0 bridgehead atoms. The number of aromatic nitrogens is 2. The molecule has 6 heteroatoms. The van der Waals surface area contributed by atoms with Gasteiger partial charge in [-0.25, -0.2) is 0 Å². The first-order valence-corrected chi connectivity index (χ1v) is 6.21. The summed E-state index contributed by atoms with van der Waals surface area (Å²) in [6, 6.07) is 0. The Morgan fingerprint density at radius 2 is 2.00 bits per heavy atom. The van der Waals surface area contributed by atoms with Gasteiger partial charge in [0, 0.05) is 19.6 Å². The standard InChI is InChI=1S/C12H23N5O/c1-5-6-17(8-7-16(3)4)12(18)11-10(13)9(2)14-15-11/h5-8,13H2,1-4H3,(H,14,15). The van der Waals surface area contributed by atoms with Crippen LogP contribution >= 0.6 is 0 Å². The number of aryl methyl sites for hydroxylation is 1. The van der Waals surface area contributed by atoms with Crippen LogP contribution in [0.4, 0.5) is 5.69 Å². The van der Waals surface area contributed by atoms with Crippen molar-refractivity contribution in [1.82, 2.24) is 20.0 Å². The van der Waals surface area contributed by atoms with Gasteiger partial charge in [0.1, 0.15) is 0 Å². The molecule has 102 valence electrons. The number of H-pyrrole nitrogens is 1. The molecule has 0 aromatic carbocycles. The highest BCUT2D eigenvalue weighted by Crippen LogP contribution is 2.15. The quantitative estimate of drug-likeness (QED) is 0.783. The van der Waals surface area contributed by atoms with Crippen LogP contribution < -0.4 is 5.73 Å². The Labute approximate surface area is 108 Å². The Hall–Kier alpha value is -1.56. The highest BCUT2D eigenvalue weighted by Gasteiger charge is 2.21. The van der Waals surface area contributed by atoms with E-state index in [1.165, 1.54) is 0 Å². The van der Waals surface area contributed by atoms with Gasteiger partial charge in [0.15, 0.2) is 5.69 Å². The van der Waals surface area contributed by atoms with E-state index in [2.05, 4.69) is 22.0 Å². The lowest BCUT2D eigenvalue weighted by Gasteiger charge is -2.23. The van der Waals surface area contributed by atoms with Gasteiger partial charge in [-0.15, -0.1) is 0 Å². The summed E-state index contributed by atoms with van der Waals surface area (Å²) in [5, 5.41) is 6.74. The fourth-order valence-electron chi connectivity index (χ4n) is 1.66. The summed E-state index contributed by atoms with van der Waals surface area (Å²) < 4.78 is 0. The normalized spacial score (nSPS) is 10.9. The number of hydrogen-bond acceptors (Lipinski definition) is 4. The maximum absolute atomic E-state index is 12.3. The van der Waals surface area contributed by atoms with Gasteiger partial charge in [0.2, 0.25) is 0 Å². The zero-order chi connectivity index (χ0) is 13.7. The van der Waals surface area contributed by atoms with Crippen LogP contribution in [0.3, 0.4) is 0 Å². The topological polar surface area (TPSA) is 78.2 Å². The number of hydrogen-bond donors (Lipinski definition) is 2. The van der Waals surface area contributed by atoms with Crippen molar-refractivity contribution in [2.24, 2.45) is 0 Å². The second-order valence-electron chi connectivity index (χ2n) is 4.71. The molecule has 0 fully saturated rings. The summed E-state index contributed by atoms with van der Waals surface area (Å²) in [6.45, 7) is 6.09. The highest BCUT2D eigenvalue weighted by atomic mass is 16.2. The second kappa shape index (κ2) is 6.39. The van der Waals surface area contributed by atoms with Crippen LogP contribution in [0.5, 0.6) is 0 Å². The minimum atomic E-state index is -0.0967. The molecule has 6 nitrogen and oxygen atoms in total. The zero-order valence-electron chi connectivity index (χ0n) is 11.7. The zero-order valence-corrected chi connectivity index (χ0v) is 11.7. The molecular formula is C12H23N5O. The maximum Gasteiger partial charge on any atom is 0.276 e. The molecule has 0 saturated carbocycles. The van der Waals surface area contributed by atoms with E-state index in [9.17, 15) is 4.79 Å². The number of nitrogens with one attached hydrogen (secondary N) is 1. The summed E-state index contributed by atoms with van der Waals surface area (Å²) in [5.74, 6) is -0.0967. The van der Waals surface area contributed by atoms with Gasteiger partial charge in [-0.1, -0.05) is 6.92 Å². The minimum Gasteiger partial charge on any atom is -0.395 e. The van der Waals surface area contributed by atoms with Crippen molar-refractivity contribution in [2.75, 3.05) is 39.5 Å². The SMILES string of the molecule is CCCN(CCN(C)C)C(=O)c1n[nH]c(C)c1N. The third kappa shape index (κ3) is 3.46. The van der Waals surface area contributed by atoms with Gasteiger partial charge in [0.25, 0.3) is 5.91 Å². The van der Waals surface area contributed by atoms with E-state index in [4.69, 9.17) is 5.73 Å². The van der Waals surface area contributed by atoms with Crippen molar-refractivity contribution in [1.29, 1.82) is 0 Å². The van der Waals surface area contributed by atoms with Crippen LogP contribution in [0, 0.1) is 6.92 Å².